The standard InChI is InChI=1S/C24H31N3O3S.HI/c1-3-29-11-12-30-17-19-8-6-7-18(13-19)15-26-24(25-2)27-16-21(28)23-14-20-9-4-5-10-22(20)31-23;/h4-10,13-14,21,28H,3,11-12,15-17H2,1-2H3,(H2,25,26,27);1H. The Morgan fingerprint density at radius 3 is 2.59 bits per heavy atom. The number of guanidine groups is 1. The fraction of sp³-hybridized carbons (Fsp3) is 0.375. The van der Waals surface area contributed by atoms with E-state index in [-0.39, 0.29) is 24.0 Å². The number of aliphatic hydroxyl groups is 1. The maximum atomic E-state index is 10.6. The highest BCUT2D eigenvalue weighted by molar-refractivity contribution is 14.0. The number of hydrogen-bond acceptors (Lipinski definition) is 5. The summed E-state index contributed by atoms with van der Waals surface area (Å²) in [6.07, 6.45) is -0.590. The first-order valence-electron chi connectivity index (χ1n) is 10.5. The monoisotopic (exact) mass is 569 g/mol. The van der Waals surface area contributed by atoms with E-state index in [0.29, 0.717) is 45.5 Å². The van der Waals surface area contributed by atoms with Crippen molar-refractivity contribution in [1.82, 2.24) is 10.6 Å². The number of rotatable bonds is 11. The zero-order valence-corrected chi connectivity index (χ0v) is 21.7. The Morgan fingerprint density at radius 2 is 1.81 bits per heavy atom. The van der Waals surface area contributed by atoms with E-state index in [1.54, 1.807) is 18.4 Å². The number of aliphatic hydroxyl groups excluding tert-OH is 1. The van der Waals surface area contributed by atoms with Crippen LogP contribution in [0.25, 0.3) is 10.1 Å². The molecule has 8 heteroatoms. The number of aliphatic imine (C=N–C) groups is 1. The maximum Gasteiger partial charge on any atom is 0.191 e. The summed E-state index contributed by atoms with van der Waals surface area (Å²) in [7, 11) is 1.73. The lowest BCUT2D eigenvalue weighted by molar-refractivity contribution is 0.0453. The van der Waals surface area contributed by atoms with Gasteiger partial charge in [0.25, 0.3) is 0 Å². The zero-order chi connectivity index (χ0) is 21.9. The van der Waals surface area contributed by atoms with Crippen LogP contribution in [0.1, 0.15) is 29.0 Å². The van der Waals surface area contributed by atoms with Crippen LogP contribution in [0.5, 0.6) is 0 Å². The van der Waals surface area contributed by atoms with Gasteiger partial charge in [0.05, 0.1) is 19.8 Å². The van der Waals surface area contributed by atoms with Gasteiger partial charge in [-0.15, -0.1) is 35.3 Å². The molecular formula is C24H32IN3O3S. The average molecular weight is 570 g/mol. The minimum atomic E-state index is -0.590. The molecule has 6 nitrogen and oxygen atoms in total. The SMILES string of the molecule is CCOCCOCc1cccc(CNC(=NC)NCC(O)c2cc3ccccc3s2)c1.I. The van der Waals surface area contributed by atoms with Crippen molar-refractivity contribution in [2.75, 3.05) is 33.4 Å². The second kappa shape index (κ2) is 14.4. The Balaban J connectivity index is 0.00000363. The van der Waals surface area contributed by atoms with Gasteiger partial charge in [0.1, 0.15) is 6.10 Å². The molecule has 1 atom stereocenters. The number of thiophene rings is 1. The highest BCUT2D eigenvalue weighted by Crippen LogP contribution is 2.29. The predicted octanol–water partition coefficient (Wildman–Crippen LogP) is 4.47. The first-order chi connectivity index (χ1) is 15.2. The summed E-state index contributed by atoms with van der Waals surface area (Å²) in [6.45, 7) is 5.48. The van der Waals surface area contributed by atoms with Crippen molar-refractivity contribution >= 4 is 51.4 Å². The molecular weight excluding hydrogens is 537 g/mol. The minimum Gasteiger partial charge on any atom is -0.386 e. The molecule has 0 radical (unpaired) electrons. The van der Waals surface area contributed by atoms with Gasteiger partial charge < -0.3 is 25.2 Å². The van der Waals surface area contributed by atoms with Gasteiger partial charge in [-0.05, 0) is 35.6 Å². The first kappa shape index (κ1) is 26.5. The smallest absolute Gasteiger partial charge is 0.191 e. The van der Waals surface area contributed by atoms with Crippen LogP contribution < -0.4 is 10.6 Å². The number of ether oxygens (including phenoxy) is 2. The summed E-state index contributed by atoms with van der Waals surface area (Å²) in [5.74, 6) is 0.651. The molecule has 0 saturated carbocycles. The Morgan fingerprint density at radius 1 is 1.03 bits per heavy atom. The number of hydrogen-bond donors (Lipinski definition) is 3. The fourth-order valence-corrected chi connectivity index (χ4v) is 4.20. The Bertz CT molecular complexity index is 947. The maximum absolute atomic E-state index is 10.6. The van der Waals surface area contributed by atoms with Gasteiger partial charge in [0, 0.05) is 36.3 Å². The second-order valence-electron chi connectivity index (χ2n) is 7.08. The second-order valence-corrected chi connectivity index (χ2v) is 8.19. The van der Waals surface area contributed by atoms with Crippen LogP contribution in [0.3, 0.4) is 0 Å². The Kier molecular flexibility index (Phi) is 12.0. The van der Waals surface area contributed by atoms with Gasteiger partial charge in [-0.2, -0.15) is 0 Å². The molecule has 3 aromatic rings. The molecule has 0 bridgehead atoms. The molecule has 0 aliphatic carbocycles. The van der Waals surface area contributed by atoms with Crippen molar-refractivity contribution in [3.63, 3.8) is 0 Å². The number of fused-ring (bicyclic) bond motifs is 1. The Hall–Kier alpha value is -1.72. The van der Waals surface area contributed by atoms with E-state index >= 15 is 0 Å². The summed E-state index contributed by atoms with van der Waals surface area (Å²) < 4.78 is 12.1. The van der Waals surface area contributed by atoms with E-state index in [0.717, 1.165) is 21.4 Å². The van der Waals surface area contributed by atoms with Gasteiger partial charge in [-0.1, -0.05) is 42.5 Å². The van der Waals surface area contributed by atoms with Gasteiger partial charge in [0.15, 0.2) is 5.96 Å². The van der Waals surface area contributed by atoms with Gasteiger partial charge in [-0.3, -0.25) is 4.99 Å². The first-order valence-corrected chi connectivity index (χ1v) is 11.4. The van der Waals surface area contributed by atoms with Gasteiger partial charge >= 0.3 is 0 Å². The summed E-state index contributed by atoms with van der Waals surface area (Å²) in [4.78, 5) is 5.21. The minimum absolute atomic E-state index is 0. The number of nitrogens with one attached hydrogen (secondary N) is 2. The van der Waals surface area contributed by atoms with Crippen molar-refractivity contribution in [2.24, 2.45) is 4.99 Å². The molecule has 2 aromatic carbocycles. The van der Waals surface area contributed by atoms with Crippen LogP contribution in [0, 0.1) is 0 Å². The average Bonchev–Trinajstić information content (AvgIpc) is 3.24. The van der Waals surface area contributed by atoms with Gasteiger partial charge in [-0.25, -0.2) is 0 Å². The summed E-state index contributed by atoms with van der Waals surface area (Å²) in [5, 5.41) is 18.2. The van der Waals surface area contributed by atoms with Crippen molar-refractivity contribution in [3.8, 4) is 0 Å². The van der Waals surface area contributed by atoms with E-state index in [1.807, 2.05) is 31.2 Å². The number of benzene rings is 2. The van der Waals surface area contributed by atoms with Crippen LogP contribution in [-0.4, -0.2) is 44.5 Å². The molecule has 32 heavy (non-hydrogen) atoms. The van der Waals surface area contributed by atoms with E-state index < -0.39 is 6.10 Å². The number of halogens is 1. The predicted molar refractivity (Wildman–Crippen MR) is 143 cm³/mol. The largest absolute Gasteiger partial charge is 0.386 e. The van der Waals surface area contributed by atoms with Crippen molar-refractivity contribution < 1.29 is 14.6 Å². The molecule has 3 N–H and O–H groups in total. The molecule has 0 spiro atoms. The van der Waals surface area contributed by atoms with E-state index in [4.69, 9.17) is 9.47 Å². The molecule has 1 unspecified atom stereocenters. The molecule has 0 fully saturated rings. The lowest BCUT2D eigenvalue weighted by Crippen LogP contribution is -2.38. The van der Waals surface area contributed by atoms with Crippen molar-refractivity contribution in [3.05, 3.63) is 70.6 Å². The molecule has 0 aliphatic rings. The van der Waals surface area contributed by atoms with Crippen LogP contribution >= 0.6 is 35.3 Å². The quantitative estimate of drug-likeness (QED) is 0.138. The Labute approximate surface area is 211 Å². The molecule has 174 valence electrons. The van der Waals surface area contributed by atoms with Gasteiger partial charge in [0.2, 0.25) is 0 Å². The lowest BCUT2D eigenvalue weighted by atomic mass is 10.1. The summed E-state index contributed by atoms with van der Waals surface area (Å²) in [6, 6.07) is 18.5. The van der Waals surface area contributed by atoms with Crippen LogP contribution in [-0.2, 0) is 22.6 Å². The molecule has 0 amide bonds. The lowest BCUT2D eigenvalue weighted by Gasteiger charge is -2.15. The van der Waals surface area contributed by atoms with E-state index in [9.17, 15) is 5.11 Å². The molecule has 1 heterocycles. The third kappa shape index (κ3) is 8.32. The van der Waals surface area contributed by atoms with Crippen LogP contribution in [0.15, 0.2) is 59.6 Å². The summed E-state index contributed by atoms with van der Waals surface area (Å²) in [5.41, 5.74) is 2.26. The normalized spacial score (nSPS) is 12.4. The molecule has 0 aliphatic heterocycles. The highest BCUT2D eigenvalue weighted by atomic mass is 127. The fourth-order valence-electron chi connectivity index (χ4n) is 3.15. The van der Waals surface area contributed by atoms with Crippen LogP contribution in [0.4, 0.5) is 0 Å². The summed E-state index contributed by atoms with van der Waals surface area (Å²) >= 11 is 1.62. The molecule has 3 rings (SSSR count). The van der Waals surface area contributed by atoms with E-state index in [2.05, 4.69) is 46.0 Å². The van der Waals surface area contributed by atoms with Crippen LogP contribution in [0.2, 0.25) is 0 Å². The van der Waals surface area contributed by atoms with E-state index in [1.165, 1.54) is 4.70 Å². The third-order valence-electron chi connectivity index (χ3n) is 4.76. The van der Waals surface area contributed by atoms with Crippen molar-refractivity contribution in [1.29, 1.82) is 0 Å². The van der Waals surface area contributed by atoms with Crippen molar-refractivity contribution in [2.45, 2.75) is 26.2 Å². The highest BCUT2D eigenvalue weighted by Gasteiger charge is 2.12. The third-order valence-corrected chi connectivity index (χ3v) is 5.97. The topological polar surface area (TPSA) is 75.1 Å². The number of nitrogens with zero attached hydrogens (tertiary/aromatic N) is 1. The zero-order valence-electron chi connectivity index (χ0n) is 18.5. The molecule has 0 saturated heterocycles. The molecule has 1 aromatic heterocycles.